The number of hydrogen-bond acceptors (Lipinski definition) is 6. The normalized spacial score (nSPS) is 29.5. The van der Waals surface area contributed by atoms with Crippen molar-refractivity contribution in [2.75, 3.05) is 42.5 Å². The number of nitrogens with zero attached hydrogens (tertiary/aromatic N) is 5. The zero-order valence-corrected chi connectivity index (χ0v) is 17.1. The van der Waals surface area contributed by atoms with Crippen molar-refractivity contribution in [1.29, 1.82) is 0 Å². The minimum atomic E-state index is 0.0389. The van der Waals surface area contributed by atoms with Gasteiger partial charge in [0.1, 0.15) is 0 Å². The summed E-state index contributed by atoms with van der Waals surface area (Å²) in [6.45, 7) is 8.61. The van der Waals surface area contributed by atoms with Crippen molar-refractivity contribution in [3.63, 3.8) is 0 Å². The number of amides is 2. The molecule has 148 valence electrons. The monoisotopic (exact) mass is 391 g/mol. The van der Waals surface area contributed by atoms with Crippen LogP contribution in [0.1, 0.15) is 46.0 Å². The molecule has 3 saturated heterocycles. The molecule has 27 heavy (non-hydrogen) atoms. The molecule has 3 aliphatic rings. The molecule has 4 heterocycles. The van der Waals surface area contributed by atoms with E-state index in [4.69, 9.17) is 0 Å². The van der Waals surface area contributed by atoms with E-state index in [2.05, 4.69) is 33.8 Å². The summed E-state index contributed by atoms with van der Waals surface area (Å²) < 4.78 is 0. The van der Waals surface area contributed by atoms with Crippen LogP contribution >= 0.6 is 11.3 Å². The SMILES string of the molecule is C[C@@H]1C[C@H](C)CN(C(=O)[C@H]2CCCN(c3nnc(N4CCCC4=O)s3)C2)C1. The van der Waals surface area contributed by atoms with Crippen LogP contribution in [-0.4, -0.2) is 59.6 Å². The number of likely N-dealkylation sites (tertiary alicyclic amines) is 1. The summed E-state index contributed by atoms with van der Waals surface area (Å²) in [6, 6.07) is 0. The van der Waals surface area contributed by atoms with Gasteiger partial charge in [0, 0.05) is 39.1 Å². The molecule has 3 fully saturated rings. The van der Waals surface area contributed by atoms with E-state index < -0.39 is 0 Å². The molecule has 0 unspecified atom stereocenters. The molecular weight excluding hydrogens is 362 g/mol. The van der Waals surface area contributed by atoms with E-state index in [1.54, 1.807) is 4.90 Å². The molecule has 3 aliphatic heterocycles. The Balaban J connectivity index is 1.41. The first-order valence-corrected chi connectivity index (χ1v) is 11.0. The summed E-state index contributed by atoms with van der Waals surface area (Å²) in [6.07, 6.45) is 4.64. The average molecular weight is 392 g/mol. The minimum Gasteiger partial charge on any atom is -0.346 e. The second-order valence-electron chi connectivity index (χ2n) is 8.49. The van der Waals surface area contributed by atoms with Gasteiger partial charge in [-0.2, -0.15) is 0 Å². The van der Waals surface area contributed by atoms with Gasteiger partial charge in [-0.15, -0.1) is 10.2 Å². The fraction of sp³-hybridized carbons (Fsp3) is 0.789. The van der Waals surface area contributed by atoms with Gasteiger partial charge < -0.3 is 9.80 Å². The maximum atomic E-state index is 13.1. The molecule has 0 spiro atoms. The first-order valence-electron chi connectivity index (χ1n) is 10.2. The molecule has 1 aromatic rings. The van der Waals surface area contributed by atoms with E-state index >= 15 is 0 Å². The minimum absolute atomic E-state index is 0.0389. The number of carbonyl (C=O) groups excluding carboxylic acids is 2. The van der Waals surface area contributed by atoms with Crippen LogP contribution in [0, 0.1) is 17.8 Å². The lowest BCUT2D eigenvalue weighted by Crippen LogP contribution is -2.49. The van der Waals surface area contributed by atoms with Gasteiger partial charge in [-0.05, 0) is 37.5 Å². The van der Waals surface area contributed by atoms with Gasteiger partial charge in [-0.3, -0.25) is 14.5 Å². The highest BCUT2D eigenvalue weighted by molar-refractivity contribution is 7.19. The molecule has 0 saturated carbocycles. The molecule has 0 aromatic carbocycles. The van der Waals surface area contributed by atoms with Gasteiger partial charge in [0.2, 0.25) is 22.1 Å². The lowest BCUT2D eigenvalue weighted by atomic mass is 9.89. The first kappa shape index (κ1) is 18.7. The number of rotatable bonds is 3. The third-order valence-corrected chi connectivity index (χ3v) is 6.94. The number of aromatic nitrogens is 2. The molecule has 0 aliphatic carbocycles. The van der Waals surface area contributed by atoms with Gasteiger partial charge in [-0.25, -0.2) is 0 Å². The second-order valence-corrected chi connectivity index (χ2v) is 9.42. The molecule has 8 heteroatoms. The van der Waals surface area contributed by atoms with Crippen molar-refractivity contribution in [1.82, 2.24) is 15.1 Å². The van der Waals surface area contributed by atoms with Crippen molar-refractivity contribution >= 4 is 33.4 Å². The summed E-state index contributed by atoms with van der Waals surface area (Å²) in [7, 11) is 0. The van der Waals surface area contributed by atoms with Crippen molar-refractivity contribution in [2.45, 2.75) is 46.0 Å². The molecular formula is C19H29N5O2S. The predicted molar refractivity (Wildman–Crippen MR) is 106 cm³/mol. The van der Waals surface area contributed by atoms with Crippen molar-refractivity contribution < 1.29 is 9.59 Å². The quantitative estimate of drug-likeness (QED) is 0.791. The Morgan fingerprint density at radius 1 is 1.04 bits per heavy atom. The van der Waals surface area contributed by atoms with Crippen LogP contribution in [0.2, 0.25) is 0 Å². The molecule has 0 bridgehead atoms. The van der Waals surface area contributed by atoms with Gasteiger partial charge >= 0.3 is 0 Å². The van der Waals surface area contributed by atoms with Gasteiger partial charge in [0.15, 0.2) is 0 Å². The lowest BCUT2D eigenvalue weighted by molar-refractivity contribution is -0.138. The van der Waals surface area contributed by atoms with E-state index in [0.717, 1.165) is 50.6 Å². The Labute approximate surface area is 164 Å². The summed E-state index contributed by atoms with van der Waals surface area (Å²) in [5.74, 6) is 1.65. The summed E-state index contributed by atoms with van der Waals surface area (Å²) in [5.41, 5.74) is 0. The van der Waals surface area contributed by atoms with Crippen molar-refractivity contribution in [2.24, 2.45) is 17.8 Å². The van der Waals surface area contributed by atoms with E-state index in [0.29, 0.717) is 35.8 Å². The number of piperidine rings is 2. The standard InChI is InChI=1S/C19H29N5O2S/c1-13-9-14(2)11-23(10-13)17(26)15-5-3-7-22(12-15)18-20-21-19(27-18)24-8-4-6-16(24)25/h13-15H,3-12H2,1-2H3/t13-,14+,15-/m0/s1. The molecule has 0 N–H and O–H groups in total. The Bertz CT molecular complexity index is 698. The van der Waals surface area contributed by atoms with E-state index in [9.17, 15) is 9.59 Å². The second kappa shape index (κ2) is 7.73. The van der Waals surface area contributed by atoms with Gasteiger partial charge in [0.25, 0.3) is 0 Å². The predicted octanol–water partition coefficient (Wildman–Crippen LogP) is 2.39. The highest BCUT2D eigenvalue weighted by Crippen LogP contribution is 2.33. The molecule has 2 amide bonds. The van der Waals surface area contributed by atoms with Crippen LogP contribution in [0.25, 0.3) is 0 Å². The van der Waals surface area contributed by atoms with Crippen LogP contribution in [0.3, 0.4) is 0 Å². The Morgan fingerprint density at radius 2 is 1.78 bits per heavy atom. The largest absolute Gasteiger partial charge is 0.346 e. The molecule has 3 atom stereocenters. The smallest absolute Gasteiger partial charge is 0.228 e. The maximum absolute atomic E-state index is 13.1. The van der Waals surface area contributed by atoms with Gasteiger partial charge in [0.05, 0.1) is 5.92 Å². The fourth-order valence-corrected chi connectivity index (χ4v) is 5.67. The van der Waals surface area contributed by atoms with Crippen LogP contribution in [0.5, 0.6) is 0 Å². The number of hydrogen-bond donors (Lipinski definition) is 0. The Morgan fingerprint density at radius 3 is 2.48 bits per heavy atom. The van der Waals surface area contributed by atoms with E-state index in [1.165, 1.54) is 17.8 Å². The lowest BCUT2D eigenvalue weighted by Gasteiger charge is -2.39. The van der Waals surface area contributed by atoms with Crippen LogP contribution in [0.4, 0.5) is 10.3 Å². The highest BCUT2D eigenvalue weighted by atomic mass is 32.1. The molecule has 4 rings (SSSR count). The third-order valence-electron chi connectivity index (χ3n) is 5.93. The fourth-order valence-electron chi connectivity index (χ4n) is 4.75. The molecule has 7 nitrogen and oxygen atoms in total. The van der Waals surface area contributed by atoms with Crippen molar-refractivity contribution in [3.8, 4) is 0 Å². The zero-order chi connectivity index (χ0) is 19.0. The number of carbonyl (C=O) groups is 2. The molecule has 0 radical (unpaired) electrons. The van der Waals surface area contributed by atoms with Gasteiger partial charge in [-0.1, -0.05) is 25.2 Å². The highest BCUT2D eigenvalue weighted by Gasteiger charge is 2.34. The number of anilines is 2. The van der Waals surface area contributed by atoms with Crippen LogP contribution in [0.15, 0.2) is 0 Å². The van der Waals surface area contributed by atoms with Crippen LogP contribution < -0.4 is 9.80 Å². The summed E-state index contributed by atoms with van der Waals surface area (Å²) in [4.78, 5) is 31.0. The van der Waals surface area contributed by atoms with E-state index in [1.807, 2.05) is 0 Å². The summed E-state index contributed by atoms with van der Waals surface area (Å²) in [5, 5.41) is 10.1. The third kappa shape index (κ3) is 3.95. The first-order chi connectivity index (χ1) is 13.0. The van der Waals surface area contributed by atoms with Crippen LogP contribution in [-0.2, 0) is 9.59 Å². The van der Waals surface area contributed by atoms with E-state index in [-0.39, 0.29) is 11.8 Å². The average Bonchev–Trinajstić information content (AvgIpc) is 3.29. The maximum Gasteiger partial charge on any atom is 0.228 e. The topological polar surface area (TPSA) is 69.6 Å². The Hall–Kier alpha value is -1.70. The summed E-state index contributed by atoms with van der Waals surface area (Å²) >= 11 is 1.47. The zero-order valence-electron chi connectivity index (χ0n) is 16.3. The molecule has 1 aromatic heterocycles. The Kier molecular flexibility index (Phi) is 5.34. The van der Waals surface area contributed by atoms with Crippen molar-refractivity contribution in [3.05, 3.63) is 0 Å².